The van der Waals surface area contributed by atoms with Gasteiger partial charge in [0.05, 0.1) is 0 Å². The SMILES string of the molecule is Cl.O=c1[nH]c2ccccc2cc1CC1CCN(Cc2ccccc2)CC1. The number of hydrogen-bond donors (Lipinski definition) is 1. The zero-order valence-electron chi connectivity index (χ0n) is 14.9. The zero-order chi connectivity index (χ0) is 17.1. The largest absolute Gasteiger partial charge is 0.322 e. The van der Waals surface area contributed by atoms with Gasteiger partial charge in [0.2, 0.25) is 0 Å². The van der Waals surface area contributed by atoms with Gasteiger partial charge in [-0.25, -0.2) is 0 Å². The van der Waals surface area contributed by atoms with Crippen molar-refractivity contribution in [3.63, 3.8) is 0 Å². The second-order valence-corrected chi connectivity index (χ2v) is 7.12. The van der Waals surface area contributed by atoms with E-state index in [1.54, 1.807) is 0 Å². The van der Waals surface area contributed by atoms with Crippen molar-refractivity contribution in [1.29, 1.82) is 0 Å². The Morgan fingerprint density at radius 1 is 0.962 bits per heavy atom. The number of halogens is 1. The first-order valence-corrected chi connectivity index (χ1v) is 9.15. The summed E-state index contributed by atoms with van der Waals surface area (Å²) in [6, 6.07) is 20.7. The second kappa shape index (κ2) is 8.52. The number of nitrogens with one attached hydrogen (secondary N) is 1. The number of nitrogens with zero attached hydrogens (tertiary/aromatic N) is 1. The lowest BCUT2D eigenvalue weighted by atomic mass is 9.90. The van der Waals surface area contributed by atoms with Crippen molar-refractivity contribution in [2.45, 2.75) is 25.8 Å². The fourth-order valence-electron chi connectivity index (χ4n) is 3.85. The topological polar surface area (TPSA) is 36.1 Å². The first kappa shape index (κ1) is 18.7. The molecule has 1 N–H and O–H groups in total. The number of rotatable bonds is 4. The van der Waals surface area contributed by atoms with Crippen molar-refractivity contribution < 1.29 is 0 Å². The molecule has 0 amide bonds. The predicted octanol–water partition coefficient (Wildman–Crippen LogP) is 4.40. The molecule has 1 aromatic heterocycles. The van der Waals surface area contributed by atoms with Gasteiger partial charge in [0.25, 0.3) is 5.56 Å². The second-order valence-electron chi connectivity index (χ2n) is 7.12. The smallest absolute Gasteiger partial charge is 0.251 e. The molecule has 4 heteroatoms. The number of aromatic amines is 1. The Morgan fingerprint density at radius 3 is 2.42 bits per heavy atom. The minimum Gasteiger partial charge on any atom is -0.322 e. The van der Waals surface area contributed by atoms with Crippen molar-refractivity contribution in [1.82, 2.24) is 9.88 Å². The number of H-pyrrole nitrogens is 1. The molecule has 3 nitrogen and oxygen atoms in total. The summed E-state index contributed by atoms with van der Waals surface area (Å²) in [6.07, 6.45) is 3.22. The number of para-hydroxylation sites is 1. The Bertz CT molecular complexity index is 899. The number of pyridine rings is 1. The van der Waals surface area contributed by atoms with Gasteiger partial charge >= 0.3 is 0 Å². The summed E-state index contributed by atoms with van der Waals surface area (Å²) in [5.41, 5.74) is 3.31. The maximum Gasteiger partial charge on any atom is 0.251 e. The van der Waals surface area contributed by atoms with Crippen LogP contribution in [0, 0.1) is 5.92 Å². The number of aromatic nitrogens is 1. The molecule has 1 fully saturated rings. The summed E-state index contributed by atoms with van der Waals surface area (Å²) in [6.45, 7) is 3.26. The number of fused-ring (bicyclic) bond motifs is 1. The molecule has 0 spiro atoms. The van der Waals surface area contributed by atoms with Gasteiger partial charge in [0.15, 0.2) is 0 Å². The highest BCUT2D eigenvalue weighted by Crippen LogP contribution is 2.23. The quantitative estimate of drug-likeness (QED) is 0.740. The Balaban J connectivity index is 0.00000196. The van der Waals surface area contributed by atoms with Crippen molar-refractivity contribution >= 4 is 23.3 Å². The van der Waals surface area contributed by atoms with Gasteiger partial charge < -0.3 is 4.98 Å². The van der Waals surface area contributed by atoms with Gasteiger partial charge in [0, 0.05) is 17.6 Å². The van der Waals surface area contributed by atoms with E-state index in [4.69, 9.17) is 0 Å². The van der Waals surface area contributed by atoms with E-state index in [2.05, 4.69) is 52.3 Å². The maximum atomic E-state index is 12.3. The Morgan fingerprint density at radius 2 is 1.65 bits per heavy atom. The van der Waals surface area contributed by atoms with Crippen LogP contribution in [0.3, 0.4) is 0 Å². The van der Waals surface area contributed by atoms with Crippen LogP contribution in [0.4, 0.5) is 0 Å². The molecule has 3 aromatic rings. The van der Waals surface area contributed by atoms with E-state index in [0.29, 0.717) is 5.92 Å². The van der Waals surface area contributed by atoms with Gasteiger partial charge in [-0.05, 0) is 61.4 Å². The monoisotopic (exact) mass is 368 g/mol. The van der Waals surface area contributed by atoms with Crippen molar-refractivity contribution in [3.05, 3.63) is 82.1 Å². The van der Waals surface area contributed by atoms with Gasteiger partial charge in [-0.3, -0.25) is 9.69 Å². The number of likely N-dealkylation sites (tertiary alicyclic amines) is 1. The molecular weight excluding hydrogens is 344 g/mol. The van der Waals surface area contributed by atoms with Crippen LogP contribution >= 0.6 is 12.4 Å². The number of benzene rings is 2. The Hall–Kier alpha value is -2.10. The van der Waals surface area contributed by atoms with Crippen molar-refractivity contribution in [2.24, 2.45) is 5.92 Å². The molecule has 2 aromatic carbocycles. The van der Waals surface area contributed by atoms with Crippen molar-refractivity contribution in [3.8, 4) is 0 Å². The van der Waals surface area contributed by atoms with E-state index in [1.807, 2.05) is 18.2 Å². The van der Waals surface area contributed by atoms with E-state index in [0.717, 1.165) is 42.5 Å². The molecule has 1 aliphatic heterocycles. The molecule has 0 unspecified atom stereocenters. The predicted molar refractivity (Wildman–Crippen MR) is 110 cm³/mol. The summed E-state index contributed by atoms with van der Waals surface area (Å²) >= 11 is 0. The van der Waals surface area contributed by atoms with Crippen LogP contribution in [0.5, 0.6) is 0 Å². The van der Waals surface area contributed by atoms with Crippen LogP contribution in [0.2, 0.25) is 0 Å². The standard InChI is InChI=1S/C22H24N2O.ClH/c25-22-20(15-19-8-4-5-9-21(19)23-22)14-17-10-12-24(13-11-17)16-18-6-2-1-3-7-18;/h1-9,15,17H,10-14,16H2,(H,23,25);1H. The average Bonchev–Trinajstić information content (AvgIpc) is 2.65. The zero-order valence-corrected chi connectivity index (χ0v) is 15.7. The third kappa shape index (κ3) is 4.35. The summed E-state index contributed by atoms with van der Waals surface area (Å²) in [7, 11) is 0. The highest BCUT2D eigenvalue weighted by atomic mass is 35.5. The highest BCUT2D eigenvalue weighted by Gasteiger charge is 2.20. The first-order valence-electron chi connectivity index (χ1n) is 9.15. The fourth-order valence-corrected chi connectivity index (χ4v) is 3.85. The third-order valence-corrected chi connectivity index (χ3v) is 5.30. The van der Waals surface area contributed by atoms with E-state index >= 15 is 0 Å². The molecule has 2 heterocycles. The van der Waals surface area contributed by atoms with E-state index in [9.17, 15) is 4.79 Å². The van der Waals surface area contributed by atoms with Crippen molar-refractivity contribution in [2.75, 3.05) is 13.1 Å². The average molecular weight is 369 g/mol. The van der Waals surface area contributed by atoms with Gasteiger partial charge in [0.1, 0.15) is 0 Å². The first-order chi connectivity index (χ1) is 12.3. The van der Waals surface area contributed by atoms with E-state index < -0.39 is 0 Å². The van der Waals surface area contributed by atoms with Crippen LogP contribution in [-0.4, -0.2) is 23.0 Å². The third-order valence-electron chi connectivity index (χ3n) is 5.30. The fraction of sp³-hybridized carbons (Fsp3) is 0.318. The molecule has 0 saturated carbocycles. The highest BCUT2D eigenvalue weighted by molar-refractivity contribution is 5.85. The summed E-state index contributed by atoms with van der Waals surface area (Å²) in [4.78, 5) is 17.9. The molecule has 0 radical (unpaired) electrons. The molecule has 1 aliphatic rings. The summed E-state index contributed by atoms with van der Waals surface area (Å²) in [5.74, 6) is 0.606. The minimum absolute atomic E-state index is 0. The lowest BCUT2D eigenvalue weighted by molar-refractivity contribution is 0.177. The minimum atomic E-state index is 0. The van der Waals surface area contributed by atoms with E-state index in [1.165, 1.54) is 18.4 Å². The molecule has 0 aliphatic carbocycles. The molecule has 0 bridgehead atoms. The lowest BCUT2D eigenvalue weighted by Crippen LogP contribution is -2.34. The Labute approximate surface area is 160 Å². The molecule has 0 atom stereocenters. The molecule has 136 valence electrons. The van der Waals surface area contributed by atoms with Crippen LogP contribution in [0.15, 0.2) is 65.5 Å². The number of piperidine rings is 1. The van der Waals surface area contributed by atoms with Gasteiger partial charge in [-0.2, -0.15) is 0 Å². The van der Waals surface area contributed by atoms with Crippen LogP contribution in [0.25, 0.3) is 10.9 Å². The van der Waals surface area contributed by atoms with Crippen LogP contribution in [-0.2, 0) is 13.0 Å². The summed E-state index contributed by atoms with van der Waals surface area (Å²) in [5, 5.41) is 1.12. The number of hydrogen-bond acceptors (Lipinski definition) is 2. The molecule has 26 heavy (non-hydrogen) atoms. The van der Waals surface area contributed by atoms with Crippen LogP contribution in [0.1, 0.15) is 24.0 Å². The lowest BCUT2D eigenvalue weighted by Gasteiger charge is -2.32. The van der Waals surface area contributed by atoms with Crippen LogP contribution < -0.4 is 5.56 Å². The molecule has 4 rings (SSSR count). The van der Waals surface area contributed by atoms with Gasteiger partial charge in [-0.1, -0.05) is 48.5 Å². The van der Waals surface area contributed by atoms with E-state index in [-0.39, 0.29) is 18.0 Å². The molecular formula is C22H25ClN2O. The van der Waals surface area contributed by atoms with Gasteiger partial charge in [-0.15, -0.1) is 12.4 Å². The normalized spacial score (nSPS) is 15.7. The summed E-state index contributed by atoms with van der Waals surface area (Å²) < 4.78 is 0. The molecule has 1 saturated heterocycles. The maximum absolute atomic E-state index is 12.3. The Kier molecular flexibility index (Phi) is 6.12.